The van der Waals surface area contributed by atoms with Crippen LogP contribution >= 0.6 is 11.8 Å². The predicted molar refractivity (Wildman–Crippen MR) is 65.3 cm³/mol. The number of hydrogen-bond acceptors (Lipinski definition) is 4. The van der Waals surface area contributed by atoms with Crippen molar-refractivity contribution in [3.8, 4) is 0 Å². The molecule has 2 aliphatic heterocycles. The van der Waals surface area contributed by atoms with E-state index in [-0.39, 0.29) is 5.54 Å². The highest BCUT2D eigenvalue weighted by molar-refractivity contribution is 7.99. The van der Waals surface area contributed by atoms with Crippen LogP contribution in [0.15, 0.2) is 0 Å². The Labute approximate surface area is 96.7 Å². The standard InChI is InChI=1S/C11H22N2OS/c1-10-7-13(4-5-14-10)11(8-12)3-2-6-15-9-11/h10H,2-9,12H2,1H3. The molecule has 2 aliphatic rings. The van der Waals surface area contributed by atoms with Gasteiger partial charge in [-0.1, -0.05) is 0 Å². The Hall–Kier alpha value is 0.230. The van der Waals surface area contributed by atoms with Crippen LogP contribution in [-0.4, -0.2) is 54.3 Å². The third kappa shape index (κ3) is 2.49. The Bertz CT molecular complexity index is 207. The summed E-state index contributed by atoms with van der Waals surface area (Å²) in [5.41, 5.74) is 6.28. The molecule has 2 heterocycles. The van der Waals surface area contributed by atoms with Gasteiger partial charge in [0, 0.05) is 30.9 Å². The van der Waals surface area contributed by atoms with E-state index in [2.05, 4.69) is 23.6 Å². The van der Waals surface area contributed by atoms with Gasteiger partial charge >= 0.3 is 0 Å². The molecule has 0 amide bonds. The molecule has 0 aliphatic carbocycles. The average Bonchev–Trinajstić information content (AvgIpc) is 2.30. The van der Waals surface area contributed by atoms with Crippen molar-refractivity contribution >= 4 is 11.8 Å². The first-order valence-corrected chi connectivity index (χ1v) is 7.07. The lowest BCUT2D eigenvalue weighted by atomic mass is 9.92. The number of morpholine rings is 1. The van der Waals surface area contributed by atoms with E-state index in [1.165, 1.54) is 24.3 Å². The Morgan fingerprint density at radius 2 is 2.47 bits per heavy atom. The summed E-state index contributed by atoms with van der Waals surface area (Å²) in [7, 11) is 0. The maximum Gasteiger partial charge on any atom is 0.0674 e. The van der Waals surface area contributed by atoms with E-state index in [1.807, 2.05) is 0 Å². The maximum absolute atomic E-state index is 6.02. The van der Waals surface area contributed by atoms with Crippen LogP contribution in [0.2, 0.25) is 0 Å². The molecule has 88 valence electrons. The highest BCUT2D eigenvalue weighted by Gasteiger charge is 2.38. The molecule has 2 atom stereocenters. The molecule has 0 bridgehead atoms. The lowest BCUT2D eigenvalue weighted by molar-refractivity contribution is -0.0574. The van der Waals surface area contributed by atoms with E-state index in [0.29, 0.717) is 6.10 Å². The summed E-state index contributed by atoms with van der Waals surface area (Å²) < 4.78 is 5.60. The van der Waals surface area contributed by atoms with Crippen LogP contribution in [0.25, 0.3) is 0 Å². The van der Waals surface area contributed by atoms with E-state index in [9.17, 15) is 0 Å². The number of rotatable bonds is 2. The molecule has 0 saturated carbocycles. The summed E-state index contributed by atoms with van der Waals surface area (Å²) >= 11 is 2.06. The van der Waals surface area contributed by atoms with Gasteiger partial charge in [-0.15, -0.1) is 0 Å². The second kappa shape index (κ2) is 5.04. The number of hydrogen-bond donors (Lipinski definition) is 1. The van der Waals surface area contributed by atoms with Gasteiger partial charge in [0.05, 0.1) is 12.7 Å². The number of ether oxygens (including phenoxy) is 1. The minimum Gasteiger partial charge on any atom is -0.376 e. The highest BCUT2D eigenvalue weighted by Crippen LogP contribution is 2.32. The zero-order chi connectivity index (χ0) is 10.7. The summed E-state index contributed by atoms with van der Waals surface area (Å²) in [6.07, 6.45) is 2.95. The van der Waals surface area contributed by atoms with Gasteiger partial charge in [-0.2, -0.15) is 11.8 Å². The molecule has 2 saturated heterocycles. The largest absolute Gasteiger partial charge is 0.376 e. The van der Waals surface area contributed by atoms with E-state index in [1.54, 1.807) is 0 Å². The first kappa shape index (κ1) is 11.7. The van der Waals surface area contributed by atoms with E-state index in [4.69, 9.17) is 10.5 Å². The van der Waals surface area contributed by atoms with E-state index in [0.717, 1.165) is 26.2 Å². The zero-order valence-electron chi connectivity index (χ0n) is 9.58. The predicted octanol–water partition coefficient (Wildman–Crippen LogP) is 0.932. The van der Waals surface area contributed by atoms with Gasteiger partial charge in [0.2, 0.25) is 0 Å². The van der Waals surface area contributed by atoms with E-state index < -0.39 is 0 Å². The molecule has 2 N–H and O–H groups in total. The molecule has 0 radical (unpaired) electrons. The van der Waals surface area contributed by atoms with Gasteiger partial charge in [-0.3, -0.25) is 4.90 Å². The summed E-state index contributed by atoms with van der Waals surface area (Å²) in [4.78, 5) is 2.58. The van der Waals surface area contributed by atoms with Crippen molar-refractivity contribution in [1.82, 2.24) is 4.90 Å². The second-order valence-corrected chi connectivity index (χ2v) is 5.82. The van der Waals surface area contributed by atoms with Crippen LogP contribution in [0.3, 0.4) is 0 Å². The van der Waals surface area contributed by atoms with Crippen molar-refractivity contribution in [3.63, 3.8) is 0 Å². The van der Waals surface area contributed by atoms with Crippen LogP contribution in [0.1, 0.15) is 19.8 Å². The van der Waals surface area contributed by atoms with Crippen molar-refractivity contribution in [2.24, 2.45) is 5.73 Å². The van der Waals surface area contributed by atoms with Crippen LogP contribution < -0.4 is 5.73 Å². The summed E-state index contributed by atoms with van der Waals surface area (Å²) in [5.74, 6) is 2.51. The van der Waals surface area contributed by atoms with Crippen molar-refractivity contribution < 1.29 is 4.74 Å². The molecule has 0 aromatic rings. The molecule has 0 spiro atoms. The molecule has 2 fully saturated rings. The van der Waals surface area contributed by atoms with Gasteiger partial charge in [-0.25, -0.2) is 0 Å². The van der Waals surface area contributed by atoms with Gasteiger partial charge in [-0.05, 0) is 25.5 Å². The minimum atomic E-state index is 0.265. The van der Waals surface area contributed by atoms with Crippen LogP contribution in [0.5, 0.6) is 0 Å². The van der Waals surface area contributed by atoms with Gasteiger partial charge < -0.3 is 10.5 Å². The normalized spacial score (nSPS) is 39.2. The topological polar surface area (TPSA) is 38.5 Å². The maximum atomic E-state index is 6.02. The van der Waals surface area contributed by atoms with Gasteiger partial charge in [0.15, 0.2) is 0 Å². The van der Waals surface area contributed by atoms with Gasteiger partial charge in [0.25, 0.3) is 0 Å². The first-order valence-electron chi connectivity index (χ1n) is 5.91. The molecule has 0 aromatic carbocycles. The minimum absolute atomic E-state index is 0.265. The summed E-state index contributed by atoms with van der Waals surface area (Å²) in [6, 6.07) is 0. The van der Waals surface area contributed by atoms with Crippen LogP contribution in [0, 0.1) is 0 Å². The molecule has 2 rings (SSSR count). The molecule has 2 unspecified atom stereocenters. The molecular weight excluding hydrogens is 208 g/mol. The van der Waals surface area contributed by atoms with Crippen LogP contribution in [0.4, 0.5) is 0 Å². The van der Waals surface area contributed by atoms with E-state index >= 15 is 0 Å². The Balaban J connectivity index is 2.03. The second-order valence-electron chi connectivity index (χ2n) is 4.71. The number of thioether (sulfide) groups is 1. The molecule has 0 aromatic heterocycles. The molecule has 4 heteroatoms. The van der Waals surface area contributed by atoms with Crippen molar-refractivity contribution in [1.29, 1.82) is 0 Å². The first-order chi connectivity index (χ1) is 7.27. The summed E-state index contributed by atoms with van der Waals surface area (Å²) in [6.45, 7) is 5.94. The van der Waals surface area contributed by atoms with Crippen molar-refractivity contribution in [2.75, 3.05) is 37.7 Å². The average molecular weight is 230 g/mol. The fraction of sp³-hybridized carbons (Fsp3) is 1.00. The Morgan fingerprint density at radius 3 is 3.07 bits per heavy atom. The zero-order valence-corrected chi connectivity index (χ0v) is 10.4. The lowest BCUT2D eigenvalue weighted by Gasteiger charge is -2.48. The lowest BCUT2D eigenvalue weighted by Crippen LogP contribution is -2.61. The number of nitrogens with zero attached hydrogens (tertiary/aromatic N) is 1. The third-order valence-electron chi connectivity index (χ3n) is 3.59. The SMILES string of the molecule is CC1CN(C2(CN)CCCSC2)CCO1. The van der Waals surface area contributed by atoms with Crippen LogP contribution in [-0.2, 0) is 4.74 Å². The molecule has 15 heavy (non-hydrogen) atoms. The Kier molecular flexibility index (Phi) is 3.93. The monoisotopic (exact) mass is 230 g/mol. The molecule has 3 nitrogen and oxygen atoms in total. The smallest absolute Gasteiger partial charge is 0.0674 e. The third-order valence-corrected chi connectivity index (χ3v) is 4.91. The number of nitrogens with two attached hydrogens (primary N) is 1. The summed E-state index contributed by atoms with van der Waals surface area (Å²) in [5, 5.41) is 0. The highest BCUT2D eigenvalue weighted by atomic mass is 32.2. The fourth-order valence-electron chi connectivity index (χ4n) is 2.63. The molecular formula is C11H22N2OS. The van der Waals surface area contributed by atoms with Gasteiger partial charge in [0.1, 0.15) is 0 Å². The quantitative estimate of drug-likeness (QED) is 0.766. The van der Waals surface area contributed by atoms with Crippen molar-refractivity contribution in [2.45, 2.75) is 31.4 Å². The fourth-order valence-corrected chi connectivity index (χ4v) is 3.94. The van der Waals surface area contributed by atoms with Crippen molar-refractivity contribution in [3.05, 3.63) is 0 Å². The Morgan fingerprint density at radius 1 is 1.60 bits per heavy atom.